The van der Waals surface area contributed by atoms with Gasteiger partial charge in [0.15, 0.2) is 0 Å². The maximum atomic E-state index is 10.4. The van der Waals surface area contributed by atoms with Crippen LogP contribution in [0, 0.1) is 13.8 Å². The summed E-state index contributed by atoms with van der Waals surface area (Å²) in [4.78, 5) is 4.86. The number of β-amino-alcohol motifs (C(OH)–C–C–N with tert-alkyl or cyclic N) is 1. The van der Waals surface area contributed by atoms with E-state index in [1.165, 1.54) is 16.8 Å². The van der Waals surface area contributed by atoms with Gasteiger partial charge in [-0.3, -0.25) is 4.90 Å². The summed E-state index contributed by atoms with van der Waals surface area (Å²) in [6, 6.07) is 14.4. The molecule has 1 heterocycles. The third-order valence-corrected chi connectivity index (χ3v) is 5.67. The molecule has 1 atom stereocenters. The lowest BCUT2D eigenvalue weighted by molar-refractivity contribution is 0.102. The average molecular weight is 373 g/mol. The van der Waals surface area contributed by atoms with Crippen LogP contribution < -0.4 is 4.90 Å². The third-order valence-electron chi connectivity index (χ3n) is 5.30. The summed E-state index contributed by atoms with van der Waals surface area (Å²) in [5, 5.41) is 11.2. The van der Waals surface area contributed by atoms with Gasteiger partial charge in [-0.15, -0.1) is 0 Å². The Morgan fingerprint density at radius 2 is 1.62 bits per heavy atom. The van der Waals surface area contributed by atoms with Gasteiger partial charge in [0.2, 0.25) is 0 Å². The number of aryl methyl sites for hydroxylation is 3. The van der Waals surface area contributed by atoms with Gasteiger partial charge in [-0.25, -0.2) is 0 Å². The molecule has 1 N–H and O–H groups in total. The first-order valence-electron chi connectivity index (χ1n) is 9.49. The van der Waals surface area contributed by atoms with Crippen molar-refractivity contribution >= 4 is 17.3 Å². The first kappa shape index (κ1) is 19.2. The fraction of sp³-hybridized carbons (Fsp3) is 0.455. The standard InChI is InChI=1S/C22H29ClN2O/c1-17-6-5-7-18(2)22(17)25-14-12-24(13-15-25)16-20(26)11-10-19-8-3-4-9-21(19)23/h3-9,20,26H,10-16H2,1-2H3. The summed E-state index contributed by atoms with van der Waals surface area (Å²) in [5.74, 6) is 0. The maximum absolute atomic E-state index is 10.4. The Labute approximate surface area is 162 Å². The van der Waals surface area contributed by atoms with Crippen molar-refractivity contribution in [1.82, 2.24) is 4.90 Å². The number of hydrogen-bond acceptors (Lipinski definition) is 3. The molecule has 4 heteroatoms. The van der Waals surface area contributed by atoms with Gasteiger partial charge in [0.1, 0.15) is 0 Å². The molecule has 3 rings (SSSR count). The molecule has 0 spiro atoms. The lowest BCUT2D eigenvalue weighted by atomic mass is 10.1. The number of aliphatic hydroxyl groups is 1. The molecule has 0 saturated carbocycles. The van der Waals surface area contributed by atoms with E-state index < -0.39 is 0 Å². The molecule has 1 aliphatic rings. The van der Waals surface area contributed by atoms with E-state index in [-0.39, 0.29) is 6.10 Å². The third kappa shape index (κ3) is 4.79. The van der Waals surface area contributed by atoms with Crippen LogP contribution in [0.5, 0.6) is 0 Å². The molecule has 2 aromatic carbocycles. The molecule has 1 aliphatic heterocycles. The van der Waals surface area contributed by atoms with Gasteiger partial charge in [0.25, 0.3) is 0 Å². The van der Waals surface area contributed by atoms with Crippen LogP contribution in [0.3, 0.4) is 0 Å². The first-order valence-corrected chi connectivity index (χ1v) is 9.87. The van der Waals surface area contributed by atoms with Crippen LogP contribution in [0.2, 0.25) is 5.02 Å². The Hall–Kier alpha value is -1.55. The van der Waals surface area contributed by atoms with E-state index in [4.69, 9.17) is 11.6 Å². The Morgan fingerprint density at radius 1 is 0.962 bits per heavy atom. The van der Waals surface area contributed by atoms with Gasteiger partial charge in [0, 0.05) is 43.4 Å². The van der Waals surface area contributed by atoms with E-state index in [1.54, 1.807) is 0 Å². The van der Waals surface area contributed by atoms with Crippen molar-refractivity contribution in [3.05, 3.63) is 64.2 Å². The molecule has 2 aromatic rings. The summed E-state index contributed by atoms with van der Waals surface area (Å²) in [6.45, 7) is 9.14. The first-order chi connectivity index (χ1) is 12.5. The van der Waals surface area contributed by atoms with Crippen LogP contribution in [-0.4, -0.2) is 48.8 Å². The van der Waals surface area contributed by atoms with E-state index in [0.29, 0.717) is 0 Å². The minimum atomic E-state index is -0.307. The van der Waals surface area contributed by atoms with Crippen molar-refractivity contribution in [2.75, 3.05) is 37.6 Å². The lowest BCUT2D eigenvalue weighted by Crippen LogP contribution is -2.49. The number of anilines is 1. The number of piperazine rings is 1. The Bertz CT molecular complexity index is 706. The molecule has 0 bridgehead atoms. The highest BCUT2D eigenvalue weighted by molar-refractivity contribution is 6.31. The van der Waals surface area contributed by atoms with Crippen molar-refractivity contribution in [2.24, 2.45) is 0 Å². The van der Waals surface area contributed by atoms with Crippen molar-refractivity contribution in [3.8, 4) is 0 Å². The zero-order valence-corrected chi connectivity index (χ0v) is 16.5. The van der Waals surface area contributed by atoms with E-state index in [0.717, 1.165) is 56.2 Å². The van der Waals surface area contributed by atoms with Crippen LogP contribution in [0.25, 0.3) is 0 Å². The molecule has 26 heavy (non-hydrogen) atoms. The number of para-hydroxylation sites is 1. The monoisotopic (exact) mass is 372 g/mol. The molecule has 1 unspecified atom stereocenters. The van der Waals surface area contributed by atoms with Gasteiger partial charge in [-0.2, -0.15) is 0 Å². The molecule has 140 valence electrons. The molecule has 3 nitrogen and oxygen atoms in total. The second-order valence-corrected chi connectivity index (χ2v) is 7.72. The quantitative estimate of drug-likeness (QED) is 0.827. The number of nitrogens with zero attached hydrogens (tertiary/aromatic N) is 2. The minimum absolute atomic E-state index is 0.307. The van der Waals surface area contributed by atoms with Crippen molar-refractivity contribution < 1.29 is 5.11 Å². The fourth-order valence-corrected chi connectivity index (χ4v) is 4.10. The number of benzene rings is 2. The van der Waals surface area contributed by atoms with Crippen LogP contribution in [0.1, 0.15) is 23.1 Å². The van der Waals surface area contributed by atoms with Crippen molar-refractivity contribution in [3.63, 3.8) is 0 Å². The van der Waals surface area contributed by atoms with Crippen LogP contribution >= 0.6 is 11.6 Å². The van der Waals surface area contributed by atoms with Gasteiger partial charge < -0.3 is 10.0 Å². The zero-order valence-electron chi connectivity index (χ0n) is 15.8. The SMILES string of the molecule is Cc1cccc(C)c1N1CCN(CC(O)CCc2ccccc2Cl)CC1. The number of rotatable bonds is 6. The van der Waals surface area contributed by atoms with Crippen LogP contribution in [0.4, 0.5) is 5.69 Å². The van der Waals surface area contributed by atoms with E-state index in [2.05, 4.69) is 41.8 Å². The lowest BCUT2D eigenvalue weighted by Gasteiger charge is -2.38. The second kappa shape index (κ2) is 8.90. The average Bonchev–Trinajstić information content (AvgIpc) is 2.62. The summed E-state index contributed by atoms with van der Waals surface area (Å²) >= 11 is 6.20. The molecular formula is C22H29ClN2O. The zero-order chi connectivity index (χ0) is 18.5. The van der Waals surface area contributed by atoms with Crippen LogP contribution in [-0.2, 0) is 6.42 Å². The fourth-order valence-electron chi connectivity index (χ4n) is 3.87. The molecule has 0 amide bonds. The predicted octanol–water partition coefficient (Wildman–Crippen LogP) is 4.07. The summed E-state index contributed by atoms with van der Waals surface area (Å²) in [6.07, 6.45) is 1.27. The molecule has 0 aromatic heterocycles. The molecule has 1 fully saturated rings. The van der Waals surface area contributed by atoms with E-state index >= 15 is 0 Å². The minimum Gasteiger partial charge on any atom is -0.392 e. The van der Waals surface area contributed by atoms with Crippen molar-refractivity contribution in [1.29, 1.82) is 0 Å². The normalized spacial score (nSPS) is 16.7. The van der Waals surface area contributed by atoms with Gasteiger partial charge in [-0.1, -0.05) is 48.0 Å². The predicted molar refractivity (Wildman–Crippen MR) is 110 cm³/mol. The number of hydrogen-bond donors (Lipinski definition) is 1. The highest BCUT2D eigenvalue weighted by atomic mass is 35.5. The van der Waals surface area contributed by atoms with E-state index in [9.17, 15) is 5.11 Å². The highest BCUT2D eigenvalue weighted by Crippen LogP contribution is 2.25. The Kier molecular flexibility index (Phi) is 6.58. The Balaban J connectivity index is 1.47. The molecule has 1 saturated heterocycles. The summed E-state index contributed by atoms with van der Waals surface area (Å²) in [5.41, 5.74) is 5.19. The van der Waals surface area contributed by atoms with Crippen LogP contribution in [0.15, 0.2) is 42.5 Å². The molecular weight excluding hydrogens is 344 g/mol. The van der Waals surface area contributed by atoms with Gasteiger partial charge in [0.05, 0.1) is 6.10 Å². The summed E-state index contributed by atoms with van der Waals surface area (Å²) in [7, 11) is 0. The second-order valence-electron chi connectivity index (χ2n) is 7.31. The van der Waals surface area contributed by atoms with Gasteiger partial charge in [-0.05, 0) is 49.4 Å². The molecule has 0 radical (unpaired) electrons. The number of halogens is 1. The maximum Gasteiger partial charge on any atom is 0.0670 e. The smallest absolute Gasteiger partial charge is 0.0670 e. The topological polar surface area (TPSA) is 26.7 Å². The van der Waals surface area contributed by atoms with E-state index in [1.807, 2.05) is 24.3 Å². The Morgan fingerprint density at radius 3 is 2.27 bits per heavy atom. The van der Waals surface area contributed by atoms with Crippen molar-refractivity contribution in [2.45, 2.75) is 32.8 Å². The summed E-state index contributed by atoms with van der Waals surface area (Å²) < 4.78 is 0. The molecule has 0 aliphatic carbocycles. The number of aliphatic hydroxyl groups excluding tert-OH is 1. The largest absolute Gasteiger partial charge is 0.392 e. The van der Waals surface area contributed by atoms with Gasteiger partial charge >= 0.3 is 0 Å². The highest BCUT2D eigenvalue weighted by Gasteiger charge is 2.21.